The van der Waals surface area contributed by atoms with Crippen molar-refractivity contribution in [3.63, 3.8) is 0 Å². The highest BCUT2D eigenvalue weighted by molar-refractivity contribution is 7.25. The van der Waals surface area contributed by atoms with Gasteiger partial charge in [-0.25, -0.2) is 4.98 Å². The molecule has 2 nitrogen and oxygen atoms in total. The average Bonchev–Trinajstić information content (AvgIpc) is 3.55. The van der Waals surface area contributed by atoms with E-state index in [1.165, 1.54) is 97.7 Å². The van der Waals surface area contributed by atoms with Gasteiger partial charge in [-0.1, -0.05) is 102 Å². The van der Waals surface area contributed by atoms with Crippen molar-refractivity contribution in [2.45, 2.75) is 41.5 Å². The molecule has 0 aliphatic carbocycles. The average molecular weight is 725 g/mol. The van der Waals surface area contributed by atoms with Crippen LogP contribution in [0.1, 0.15) is 33.4 Å². The Kier molecular flexibility index (Phi) is 7.73. The lowest BCUT2D eigenvalue weighted by molar-refractivity contribution is 1.31. The Balaban J connectivity index is 1.19. The normalized spacial score (nSPS) is 11.8. The first-order valence-corrected chi connectivity index (χ1v) is 19.9. The molecule has 0 spiro atoms. The summed E-state index contributed by atoms with van der Waals surface area (Å²) in [4.78, 5) is 10.8. The first-order valence-electron chi connectivity index (χ1n) is 19.0. The second kappa shape index (κ2) is 12.7. The molecule has 0 aliphatic rings. The van der Waals surface area contributed by atoms with E-state index >= 15 is 0 Å². The Hall–Kier alpha value is -6.16. The first kappa shape index (κ1) is 33.4. The van der Waals surface area contributed by atoms with Gasteiger partial charge in [-0.15, -0.1) is 11.3 Å². The van der Waals surface area contributed by atoms with E-state index in [0.717, 1.165) is 33.1 Å². The zero-order valence-corrected chi connectivity index (χ0v) is 32.8. The molecule has 0 N–H and O–H groups in total. The summed E-state index contributed by atoms with van der Waals surface area (Å²) >= 11 is 1.85. The first-order chi connectivity index (χ1) is 26.7. The van der Waals surface area contributed by atoms with E-state index in [9.17, 15) is 0 Å². The Labute approximate surface area is 325 Å². The largest absolute Gasteiger partial charge is 0.252 e. The van der Waals surface area contributed by atoms with Crippen molar-refractivity contribution in [1.82, 2.24) is 9.97 Å². The molecule has 0 aliphatic heterocycles. The molecule has 0 saturated carbocycles. The lowest BCUT2D eigenvalue weighted by Crippen LogP contribution is -1.95. The van der Waals surface area contributed by atoms with Gasteiger partial charge in [0, 0.05) is 36.5 Å². The summed E-state index contributed by atoms with van der Waals surface area (Å²) in [5.74, 6) is 0. The van der Waals surface area contributed by atoms with Crippen molar-refractivity contribution in [3.05, 3.63) is 167 Å². The number of fused-ring (bicyclic) bond motifs is 9. The molecule has 55 heavy (non-hydrogen) atoms. The highest BCUT2D eigenvalue weighted by atomic mass is 32.1. The molecular formula is C52H40N2S. The fraction of sp³-hybridized carbons (Fsp3) is 0.115. The van der Waals surface area contributed by atoms with Crippen molar-refractivity contribution in [1.29, 1.82) is 0 Å². The fourth-order valence-electron chi connectivity index (χ4n) is 9.21. The number of hydrogen-bond acceptors (Lipinski definition) is 3. The third-order valence-electron chi connectivity index (χ3n) is 11.4. The predicted molar refractivity (Wildman–Crippen MR) is 238 cm³/mol. The van der Waals surface area contributed by atoms with Crippen LogP contribution in [0.2, 0.25) is 0 Å². The minimum Gasteiger partial charge on any atom is -0.252 e. The summed E-state index contributed by atoms with van der Waals surface area (Å²) in [5, 5.41) is 7.24. The highest BCUT2D eigenvalue weighted by Gasteiger charge is 2.18. The molecule has 0 radical (unpaired) electrons. The fourth-order valence-corrected chi connectivity index (χ4v) is 10.3. The standard InChI is InChI=1S/C52H40N2S/c1-29-20-31(3)49(32(4)21-29)38-14-17-40-41-18-15-39(50-33(5)22-30(2)23-34(50)6)27-45(41)52-51(44(40)26-38)53-28-46(54-52)37-11-9-10-35(24-37)36-16-19-48-43(25-36)42-12-7-8-13-47(42)55-48/h7-28H,1-6H3. The lowest BCUT2D eigenvalue weighted by atomic mass is 9.89. The van der Waals surface area contributed by atoms with Crippen LogP contribution in [0.3, 0.4) is 0 Å². The molecule has 264 valence electrons. The highest BCUT2D eigenvalue weighted by Crippen LogP contribution is 2.41. The number of thiophene rings is 1. The van der Waals surface area contributed by atoms with Crippen molar-refractivity contribution in [3.8, 4) is 44.6 Å². The Bertz CT molecular complexity index is 3170. The number of benzene rings is 8. The number of aromatic nitrogens is 2. The smallest absolute Gasteiger partial charge is 0.0979 e. The Morgan fingerprint density at radius 1 is 0.382 bits per heavy atom. The molecule has 10 rings (SSSR count). The number of rotatable bonds is 4. The molecule has 2 heterocycles. The van der Waals surface area contributed by atoms with Crippen LogP contribution in [0.25, 0.3) is 97.4 Å². The zero-order valence-electron chi connectivity index (χ0n) is 32.0. The van der Waals surface area contributed by atoms with E-state index < -0.39 is 0 Å². The SMILES string of the molecule is Cc1cc(C)c(-c2ccc3c4ccc(-c5c(C)cc(C)cc5C)cc4c4nc(-c5cccc(-c6ccc7sc8ccccc8c7c6)c5)cnc4c3c2)c(C)c1. The van der Waals surface area contributed by atoms with Crippen LogP contribution >= 0.6 is 11.3 Å². The van der Waals surface area contributed by atoms with Crippen LogP contribution in [0.4, 0.5) is 0 Å². The molecule has 3 heteroatoms. The predicted octanol–water partition coefficient (Wildman–Crippen LogP) is 14.8. The molecule has 0 fully saturated rings. The maximum absolute atomic E-state index is 5.52. The van der Waals surface area contributed by atoms with E-state index in [0.29, 0.717) is 0 Å². The van der Waals surface area contributed by atoms with Gasteiger partial charge < -0.3 is 0 Å². The third kappa shape index (κ3) is 5.53. The van der Waals surface area contributed by atoms with E-state index in [1.54, 1.807) is 0 Å². The van der Waals surface area contributed by atoms with Crippen molar-refractivity contribution in [2.75, 3.05) is 0 Å². The van der Waals surface area contributed by atoms with Crippen molar-refractivity contribution in [2.24, 2.45) is 0 Å². The van der Waals surface area contributed by atoms with Crippen LogP contribution in [0.15, 0.2) is 134 Å². The molecule has 0 atom stereocenters. The molecule has 10 aromatic rings. The number of hydrogen-bond donors (Lipinski definition) is 0. The summed E-state index contributed by atoms with van der Waals surface area (Å²) in [7, 11) is 0. The molecule has 0 unspecified atom stereocenters. The van der Waals surface area contributed by atoms with Gasteiger partial charge in [0.15, 0.2) is 0 Å². The van der Waals surface area contributed by atoms with Gasteiger partial charge in [0.2, 0.25) is 0 Å². The van der Waals surface area contributed by atoms with E-state index in [1.807, 2.05) is 17.5 Å². The second-order valence-electron chi connectivity index (χ2n) is 15.4. The van der Waals surface area contributed by atoms with Crippen LogP contribution in [0.5, 0.6) is 0 Å². The minimum atomic E-state index is 0.867. The van der Waals surface area contributed by atoms with Gasteiger partial charge in [0.05, 0.1) is 22.9 Å². The third-order valence-corrected chi connectivity index (χ3v) is 12.6. The Morgan fingerprint density at radius 2 is 0.909 bits per heavy atom. The van der Waals surface area contributed by atoms with Crippen LogP contribution in [-0.4, -0.2) is 9.97 Å². The second-order valence-corrected chi connectivity index (χ2v) is 16.5. The molecular weight excluding hydrogens is 685 g/mol. The minimum absolute atomic E-state index is 0.867. The van der Waals surface area contributed by atoms with Gasteiger partial charge in [-0.3, -0.25) is 4.98 Å². The van der Waals surface area contributed by atoms with Crippen LogP contribution in [0, 0.1) is 41.5 Å². The molecule has 0 saturated heterocycles. The van der Waals surface area contributed by atoms with Gasteiger partial charge in [0.25, 0.3) is 0 Å². The van der Waals surface area contributed by atoms with Crippen molar-refractivity contribution < 1.29 is 0 Å². The van der Waals surface area contributed by atoms with Crippen LogP contribution in [-0.2, 0) is 0 Å². The maximum Gasteiger partial charge on any atom is 0.0979 e. The quantitative estimate of drug-likeness (QED) is 0.169. The summed E-state index contributed by atoms with van der Waals surface area (Å²) in [5.41, 5.74) is 18.8. The van der Waals surface area contributed by atoms with Crippen LogP contribution < -0.4 is 0 Å². The van der Waals surface area contributed by atoms with E-state index in [-0.39, 0.29) is 0 Å². The van der Waals surface area contributed by atoms with Gasteiger partial charge >= 0.3 is 0 Å². The molecule has 8 aromatic carbocycles. The monoisotopic (exact) mass is 724 g/mol. The zero-order chi connectivity index (χ0) is 37.5. The summed E-state index contributed by atoms with van der Waals surface area (Å²) in [6.07, 6.45) is 1.97. The van der Waals surface area contributed by atoms with E-state index in [4.69, 9.17) is 9.97 Å². The lowest BCUT2D eigenvalue weighted by Gasteiger charge is -2.17. The summed E-state index contributed by atoms with van der Waals surface area (Å²) in [6, 6.07) is 47.3. The van der Waals surface area contributed by atoms with Gasteiger partial charge in [-0.2, -0.15) is 0 Å². The number of nitrogens with zero attached hydrogens (tertiary/aromatic N) is 2. The Morgan fingerprint density at radius 3 is 1.56 bits per heavy atom. The summed E-state index contributed by atoms with van der Waals surface area (Å²) in [6.45, 7) is 13.2. The van der Waals surface area contributed by atoms with Crippen molar-refractivity contribution >= 4 is 64.1 Å². The molecule has 2 aromatic heterocycles. The molecule has 0 amide bonds. The topological polar surface area (TPSA) is 25.8 Å². The summed E-state index contributed by atoms with van der Waals surface area (Å²) < 4.78 is 2.63. The molecule has 0 bridgehead atoms. The van der Waals surface area contributed by atoms with Gasteiger partial charge in [-0.05, 0) is 144 Å². The maximum atomic E-state index is 5.52. The van der Waals surface area contributed by atoms with E-state index in [2.05, 4.69) is 169 Å². The van der Waals surface area contributed by atoms with Gasteiger partial charge in [0.1, 0.15) is 0 Å². The number of aryl methyl sites for hydroxylation is 6.